The third kappa shape index (κ3) is 13.2. The molecule has 20 aromatic rings. The summed E-state index contributed by atoms with van der Waals surface area (Å²) in [6, 6.07) is 137. The number of hydrogen-bond donors (Lipinski definition) is 0. The molecule has 3 aromatic heterocycles. The van der Waals surface area contributed by atoms with Crippen LogP contribution in [0, 0.1) is 0 Å². The van der Waals surface area contributed by atoms with Crippen molar-refractivity contribution in [2.45, 2.75) is 19.3 Å². The number of imidazole rings is 1. The average molecular weight is 1430 g/mol. The number of para-hydroxylation sites is 4. The summed E-state index contributed by atoms with van der Waals surface area (Å²) >= 11 is 0. The van der Waals surface area contributed by atoms with Crippen molar-refractivity contribution in [3.63, 3.8) is 0 Å². The molecule has 1 aliphatic rings. The normalized spacial score (nSPS) is 11.9. The molecule has 17 aromatic carbocycles. The van der Waals surface area contributed by atoms with Gasteiger partial charge in [-0.05, 0) is 200 Å². The number of hydrogen-bond acceptors (Lipinski definition) is 5. The van der Waals surface area contributed by atoms with Gasteiger partial charge in [0.1, 0.15) is 5.82 Å². The largest absolute Gasteiger partial charge is 1.00 e. The first kappa shape index (κ1) is 69.8. The fraction of sp³-hybridized carbons (Fsp3) is 0.0288. The van der Waals surface area contributed by atoms with Crippen LogP contribution in [0.25, 0.3) is 183 Å². The van der Waals surface area contributed by atoms with Crippen molar-refractivity contribution in [2.24, 2.45) is 0 Å². The number of aromatic amines is 1. The second-order valence-corrected chi connectivity index (χ2v) is 28.9. The molecular formula is C104H72LiN6O-. The van der Waals surface area contributed by atoms with E-state index in [2.05, 4.69) is 321 Å². The second-order valence-electron chi connectivity index (χ2n) is 28.9. The summed E-state index contributed by atoms with van der Waals surface area (Å²) in [7, 11) is 0. The van der Waals surface area contributed by atoms with E-state index in [-0.39, 0.29) is 30.0 Å². The Balaban J connectivity index is 0.000000138. The maximum Gasteiger partial charge on any atom is 0.202 e. The maximum absolute atomic E-state index is 11.1. The first-order valence-electron chi connectivity index (χ1n) is 37.7. The third-order valence-electron chi connectivity index (χ3n) is 21.7. The van der Waals surface area contributed by atoms with Crippen molar-refractivity contribution >= 4 is 83.9 Å². The molecule has 2 radical (unpaired) electrons. The summed E-state index contributed by atoms with van der Waals surface area (Å²) in [4.78, 5) is 22.8. The molecule has 21 rings (SSSR count). The Bertz CT molecular complexity index is 6880. The molecule has 0 bridgehead atoms. The number of H-pyrrole nitrogens is 1. The van der Waals surface area contributed by atoms with Gasteiger partial charge < -0.3 is 24.0 Å². The topological polar surface area (TPSA) is 93.7 Å². The maximum atomic E-state index is 11.1. The average Bonchev–Trinajstić information content (AvgIpc) is 1.05. The number of pyridine rings is 1. The van der Waals surface area contributed by atoms with Gasteiger partial charge in [0.05, 0.1) is 11.0 Å². The number of fused-ring (bicyclic) bond motifs is 9. The van der Waals surface area contributed by atoms with Crippen LogP contribution in [0.4, 0.5) is 0 Å². The number of nitrogens with zero attached hydrogens (tertiary/aromatic N) is 5. The van der Waals surface area contributed by atoms with E-state index in [1.165, 1.54) is 104 Å². The molecule has 1 N–H and O–H groups in total. The second kappa shape index (κ2) is 29.9. The van der Waals surface area contributed by atoms with E-state index >= 15 is 0 Å². The van der Waals surface area contributed by atoms with Gasteiger partial charge in [-0.25, -0.2) is 24.9 Å². The smallest absolute Gasteiger partial charge is 0.202 e. The van der Waals surface area contributed by atoms with Crippen LogP contribution in [0.15, 0.2) is 394 Å². The van der Waals surface area contributed by atoms with Crippen molar-refractivity contribution < 1.29 is 10.1 Å². The van der Waals surface area contributed by atoms with E-state index in [0.29, 0.717) is 23.0 Å². The fourth-order valence-electron chi connectivity index (χ4n) is 16.2. The van der Waals surface area contributed by atoms with E-state index in [9.17, 15) is 5.11 Å². The summed E-state index contributed by atoms with van der Waals surface area (Å²) in [5, 5.41) is 22.1. The molecule has 0 amide bonds. The fourth-order valence-corrected chi connectivity index (χ4v) is 16.2. The molecule has 8 heteroatoms. The summed E-state index contributed by atoms with van der Waals surface area (Å²) in [6.07, 6.45) is 1.75. The molecule has 7 nitrogen and oxygen atoms in total. The molecule has 0 unspecified atom stereocenters. The minimum Gasteiger partial charge on any atom is -1.00 e. The van der Waals surface area contributed by atoms with Gasteiger partial charge >= 0.3 is 0 Å². The molecule has 0 spiro atoms. The number of aromatic nitrogens is 6. The van der Waals surface area contributed by atoms with Crippen molar-refractivity contribution in [1.29, 1.82) is 0 Å². The molecule has 0 saturated heterocycles. The van der Waals surface area contributed by atoms with Crippen LogP contribution in [-0.2, 0) is 5.41 Å². The van der Waals surface area contributed by atoms with Gasteiger partial charge in [-0.3, -0.25) is 4.57 Å². The van der Waals surface area contributed by atoms with Crippen molar-refractivity contribution in [1.82, 2.24) is 24.5 Å². The Morgan fingerprint density at radius 1 is 0.286 bits per heavy atom. The van der Waals surface area contributed by atoms with Crippen LogP contribution >= 0.6 is 0 Å². The first-order valence-corrected chi connectivity index (χ1v) is 37.7. The standard InChI is InChI=1S/C53H34N2.C42H31N3.C9H7NO.Li/c1-2-16-44(17-3-1)55-50-21-11-10-20-49(50)54-53(55)38-26-22-37(23-27-38)41-30-31-47-48(34-41)52(43-29-25-36-13-5-7-15-40(36)33-43)46-19-9-8-18-45(46)51(47)42-28-24-35-12-4-6-14-39(35)32-42;1-42(2)37-22-10-9-21-35(37)36-24-23-33(27-38(36)42)31-18-11-17-30(25-31)32-19-12-20-34(26-32)41-44-39(28-13-5-3-6-14-28)43-40(45-41)29-15-7-4-8-16-29;11-8-5-1-3-7-4-2-6-10-9(7)8;/h1-34H;3-27H,1-2H3;1-6,11H;/q;;;-1. The third-order valence-corrected chi connectivity index (χ3v) is 21.7. The molecule has 0 atom stereocenters. The van der Waals surface area contributed by atoms with Crippen LogP contribution < -0.4 is 10.1 Å². The van der Waals surface area contributed by atoms with Crippen LogP contribution in [0.2, 0.25) is 0 Å². The van der Waals surface area contributed by atoms with E-state index in [4.69, 9.17) is 19.9 Å². The Morgan fingerprint density at radius 3 is 1.37 bits per heavy atom. The van der Waals surface area contributed by atoms with Gasteiger partial charge in [0.2, 0.25) is 5.52 Å². The number of benzene rings is 17. The number of nitrogens with one attached hydrogen (secondary N) is 1. The quantitative estimate of drug-likeness (QED) is 0.100. The molecule has 0 aliphatic heterocycles. The molecule has 526 valence electrons. The molecule has 0 fully saturated rings. The van der Waals surface area contributed by atoms with Gasteiger partial charge in [-0.15, -0.1) is 0 Å². The van der Waals surface area contributed by atoms with Crippen LogP contribution in [-0.4, -0.2) is 43.4 Å². The van der Waals surface area contributed by atoms with Gasteiger partial charge in [0.15, 0.2) is 23.7 Å². The Hall–Kier alpha value is -13.9. The van der Waals surface area contributed by atoms with Crippen LogP contribution in [0.5, 0.6) is 5.75 Å². The zero-order valence-corrected chi connectivity index (χ0v) is 62.2. The van der Waals surface area contributed by atoms with Crippen LogP contribution in [0.3, 0.4) is 0 Å². The number of rotatable bonds is 10. The first-order chi connectivity index (χ1) is 54.7. The molecule has 1 aliphatic carbocycles. The molecule has 0 saturated carbocycles. The summed E-state index contributed by atoms with van der Waals surface area (Å²) in [6.45, 7) is 4.66. The van der Waals surface area contributed by atoms with Crippen LogP contribution in [0.1, 0.15) is 25.0 Å². The van der Waals surface area contributed by atoms with Gasteiger partial charge in [0.25, 0.3) is 0 Å². The predicted molar refractivity (Wildman–Crippen MR) is 463 cm³/mol. The van der Waals surface area contributed by atoms with Gasteiger partial charge in [-0.1, -0.05) is 323 Å². The minimum absolute atomic E-state index is 0. The van der Waals surface area contributed by atoms with Crippen molar-refractivity contribution in [2.75, 3.05) is 0 Å². The van der Waals surface area contributed by atoms with Crippen molar-refractivity contribution in [3.8, 4) is 124 Å². The SMILES string of the molecule is CC1(C)c2ccccc2-c2ccc(-c3cccc(-c4cccc(-c5nc(-c6ccccc6)nc(-c6ccccc6)n5)c4)c3)cc21.[Li-].[O-]c1cccc2ccc[nH+]c12.c1ccc(-n2c(-c3ccc(-c4ccc5c(-c6ccc7ccccc7c6)c6ccccc6c(-c6ccc7ccccc7c6)c5c4)cc3)nc3ccccc32)cc1. The Labute approximate surface area is 662 Å². The van der Waals surface area contributed by atoms with E-state index in [1.54, 1.807) is 18.3 Å². The van der Waals surface area contributed by atoms with Gasteiger partial charge in [0, 0.05) is 44.8 Å². The Morgan fingerprint density at radius 2 is 0.723 bits per heavy atom. The van der Waals surface area contributed by atoms with Gasteiger partial charge in [-0.2, -0.15) is 0 Å². The molecule has 112 heavy (non-hydrogen) atoms. The van der Waals surface area contributed by atoms with E-state index < -0.39 is 0 Å². The Kier molecular flexibility index (Phi) is 18.6. The zero-order valence-electron chi connectivity index (χ0n) is 62.2. The predicted octanol–water partition coefficient (Wildman–Crippen LogP) is 25.2. The summed E-state index contributed by atoms with van der Waals surface area (Å²) in [5.74, 6) is 2.95. The minimum atomic E-state index is -0.0321. The van der Waals surface area contributed by atoms with Crippen molar-refractivity contribution in [3.05, 3.63) is 406 Å². The van der Waals surface area contributed by atoms with E-state index in [0.717, 1.165) is 66.9 Å². The summed E-state index contributed by atoms with van der Waals surface area (Å²) < 4.78 is 2.26. The zero-order chi connectivity index (χ0) is 74.4. The van der Waals surface area contributed by atoms with E-state index in [1.807, 2.05) is 78.9 Å². The summed E-state index contributed by atoms with van der Waals surface area (Å²) in [5.41, 5.74) is 25.2. The monoisotopic (exact) mass is 1430 g/mol. The molecular weight excluding hydrogens is 1360 g/mol. The molecule has 3 heterocycles.